The van der Waals surface area contributed by atoms with E-state index in [1.807, 2.05) is 13.0 Å². The van der Waals surface area contributed by atoms with E-state index in [0.717, 1.165) is 20.5 Å². The van der Waals surface area contributed by atoms with Crippen molar-refractivity contribution >= 4 is 28.6 Å². The highest BCUT2D eigenvalue weighted by atomic mass is 32.1. The van der Waals surface area contributed by atoms with Crippen LogP contribution < -0.4 is 5.32 Å². The third-order valence-electron chi connectivity index (χ3n) is 2.04. The molecule has 2 aromatic rings. The fraction of sp³-hybridized carbons (Fsp3) is 0.273. The Morgan fingerprint density at radius 2 is 2.31 bits per heavy atom. The van der Waals surface area contributed by atoms with Crippen molar-refractivity contribution in [2.45, 2.75) is 20.4 Å². The van der Waals surface area contributed by atoms with E-state index in [1.54, 1.807) is 22.7 Å². The van der Waals surface area contributed by atoms with Gasteiger partial charge in [-0.1, -0.05) is 0 Å². The van der Waals surface area contributed by atoms with Crippen LogP contribution in [0.4, 0.5) is 0 Å². The van der Waals surface area contributed by atoms with Gasteiger partial charge in [-0.2, -0.15) is 0 Å². The molecule has 0 saturated heterocycles. The second-order valence-corrected chi connectivity index (χ2v) is 5.66. The lowest BCUT2D eigenvalue weighted by Gasteiger charge is -1.96. The van der Waals surface area contributed by atoms with Crippen molar-refractivity contribution < 1.29 is 4.79 Å². The van der Waals surface area contributed by atoms with Gasteiger partial charge in [-0.05, 0) is 19.1 Å². The quantitative estimate of drug-likeness (QED) is 0.912. The summed E-state index contributed by atoms with van der Waals surface area (Å²) < 4.78 is 0. The van der Waals surface area contributed by atoms with Crippen molar-refractivity contribution in [2.24, 2.45) is 0 Å². The van der Waals surface area contributed by atoms with Crippen LogP contribution in [0.2, 0.25) is 0 Å². The Morgan fingerprint density at radius 1 is 1.50 bits per heavy atom. The number of hydrogen-bond acceptors (Lipinski definition) is 4. The van der Waals surface area contributed by atoms with E-state index in [0.29, 0.717) is 6.54 Å². The number of aryl methyl sites for hydroxylation is 1. The van der Waals surface area contributed by atoms with Crippen molar-refractivity contribution in [2.75, 3.05) is 0 Å². The highest BCUT2D eigenvalue weighted by molar-refractivity contribution is 7.16. The summed E-state index contributed by atoms with van der Waals surface area (Å²) in [5.41, 5.74) is 1.03. The summed E-state index contributed by atoms with van der Waals surface area (Å²) in [5, 5.41) is 5.92. The molecule has 1 amide bonds. The Labute approximate surface area is 102 Å². The predicted molar refractivity (Wildman–Crippen MR) is 67.7 cm³/mol. The zero-order chi connectivity index (χ0) is 11.5. The molecule has 0 saturated carbocycles. The van der Waals surface area contributed by atoms with E-state index in [9.17, 15) is 4.79 Å². The van der Waals surface area contributed by atoms with E-state index in [-0.39, 0.29) is 5.91 Å². The maximum Gasteiger partial charge on any atom is 0.217 e. The summed E-state index contributed by atoms with van der Waals surface area (Å²) >= 11 is 3.32. The van der Waals surface area contributed by atoms with E-state index in [2.05, 4.69) is 21.7 Å². The van der Waals surface area contributed by atoms with Crippen LogP contribution in [0.3, 0.4) is 0 Å². The zero-order valence-electron chi connectivity index (χ0n) is 9.11. The molecule has 16 heavy (non-hydrogen) atoms. The molecule has 2 rings (SSSR count). The molecule has 0 fully saturated rings. The fourth-order valence-electron chi connectivity index (χ4n) is 1.30. The first-order valence-electron chi connectivity index (χ1n) is 4.91. The number of nitrogens with one attached hydrogen (secondary N) is 1. The topological polar surface area (TPSA) is 42.0 Å². The first kappa shape index (κ1) is 11.3. The molecule has 0 radical (unpaired) electrons. The molecule has 0 aromatic carbocycles. The molecular weight excluding hydrogens is 240 g/mol. The molecule has 3 nitrogen and oxygen atoms in total. The Balaban J connectivity index is 2.10. The molecule has 0 aliphatic rings. The fourth-order valence-corrected chi connectivity index (χ4v) is 2.89. The standard InChI is InChI=1S/C11H12N2OS2/c1-7(14)12-5-9-3-4-11(16-9)10-6-15-8(2)13-10/h3-4,6H,5H2,1-2H3,(H,12,14). The Hall–Kier alpha value is -1.20. The second-order valence-electron chi connectivity index (χ2n) is 3.43. The number of rotatable bonds is 3. The lowest BCUT2D eigenvalue weighted by atomic mass is 10.3. The molecule has 0 atom stereocenters. The first-order valence-corrected chi connectivity index (χ1v) is 6.60. The molecule has 2 aromatic heterocycles. The van der Waals surface area contributed by atoms with Crippen LogP contribution in [0.5, 0.6) is 0 Å². The second kappa shape index (κ2) is 4.76. The van der Waals surface area contributed by atoms with Gasteiger partial charge in [0.2, 0.25) is 5.91 Å². The normalized spacial score (nSPS) is 10.4. The average molecular weight is 252 g/mol. The number of nitrogens with zero attached hydrogens (tertiary/aromatic N) is 1. The molecule has 5 heteroatoms. The van der Waals surface area contributed by atoms with Gasteiger partial charge in [0.05, 0.1) is 22.1 Å². The first-order chi connectivity index (χ1) is 7.65. The summed E-state index contributed by atoms with van der Waals surface area (Å²) in [6.07, 6.45) is 0. The number of hydrogen-bond donors (Lipinski definition) is 1. The van der Waals surface area contributed by atoms with Gasteiger partial charge < -0.3 is 5.32 Å². The van der Waals surface area contributed by atoms with E-state index in [1.165, 1.54) is 6.92 Å². The van der Waals surface area contributed by atoms with Crippen LogP contribution in [0.15, 0.2) is 17.5 Å². The van der Waals surface area contributed by atoms with Crippen LogP contribution in [0.1, 0.15) is 16.8 Å². The van der Waals surface area contributed by atoms with E-state index < -0.39 is 0 Å². The summed E-state index contributed by atoms with van der Waals surface area (Å²) in [5.74, 6) is -0.000507. The van der Waals surface area contributed by atoms with Crippen LogP contribution in [-0.4, -0.2) is 10.9 Å². The van der Waals surface area contributed by atoms with Gasteiger partial charge in [0, 0.05) is 17.2 Å². The largest absolute Gasteiger partial charge is 0.351 e. The Morgan fingerprint density at radius 3 is 2.94 bits per heavy atom. The van der Waals surface area contributed by atoms with Gasteiger partial charge in [0.1, 0.15) is 0 Å². The number of amides is 1. The molecule has 0 aliphatic heterocycles. The van der Waals surface area contributed by atoms with Gasteiger partial charge in [0.25, 0.3) is 0 Å². The van der Waals surface area contributed by atoms with Crippen molar-refractivity contribution in [3.63, 3.8) is 0 Å². The van der Waals surface area contributed by atoms with Crippen LogP contribution in [-0.2, 0) is 11.3 Å². The minimum atomic E-state index is -0.000507. The minimum absolute atomic E-state index is 0.000507. The average Bonchev–Trinajstić information content (AvgIpc) is 2.83. The molecule has 0 bridgehead atoms. The van der Waals surface area contributed by atoms with Gasteiger partial charge in [0.15, 0.2) is 0 Å². The number of aromatic nitrogens is 1. The maximum absolute atomic E-state index is 10.8. The third-order valence-corrected chi connectivity index (χ3v) is 3.93. The SMILES string of the molecule is CC(=O)NCc1ccc(-c2csc(C)n2)s1. The predicted octanol–water partition coefficient (Wildman–Crippen LogP) is 2.82. The van der Waals surface area contributed by atoms with E-state index in [4.69, 9.17) is 0 Å². The van der Waals surface area contributed by atoms with Crippen molar-refractivity contribution in [1.29, 1.82) is 0 Å². The summed E-state index contributed by atoms with van der Waals surface area (Å²) in [6, 6.07) is 4.08. The maximum atomic E-state index is 10.8. The number of carbonyl (C=O) groups excluding carboxylic acids is 1. The lowest BCUT2D eigenvalue weighted by Crippen LogP contribution is -2.17. The van der Waals surface area contributed by atoms with Gasteiger partial charge in [-0.15, -0.1) is 22.7 Å². The van der Waals surface area contributed by atoms with Gasteiger partial charge >= 0.3 is 0 Å². The molecule has 1 N–H and O–H groups in total. The lowest BCUT2D eigenvalue weighted by molar-refractivity contribution is -0.119. The molecule has 0 aliphatic carbocycles. The van der Waals surface area contributed by atoms with Crippen LogP contribution >= 0.6 is 22.7 Å². The molecule has 2 heterocycles. The monoisotopic (exact) mass is 252 g/mol. The molecule has 0 unspecified atom stereocenters. The summed E-state index contributed by atoms with van der Waals surface area (Å²) in [6.45, 7) is 4.13. The zero-order valence-corrected chi connectivity index (χ0v) is 10.7. The van der Waals surface area contributed by atoms with E-state index >= 15 is 0 Å². The minimum Gasteiger partial charge on any atom is -0.351 e. The summed E-state index contributed by atoms with van der Waals surface area (Å²) in [7, 11) is 0. The highest BCUT2D eigenvalue weighted by Gasteiger charge is 2.06. The van der Waals surface area contributed by atoms with Crippen molar-refractivity contribution in [1.82, 2.24) is 10.3 Å². The Bertz CT molecular complexity index is 502. The van der Waals surface area contributed by atoms with Crippen LogP contribution in [0.25, 0.3) is 10.6 Å². The van der Waals surface area contributed by atoms with Crippen LogP contribution in [0, 0.1) is 6.92 Å². The highest BCUT2D eigenvalue weighted by Crippen LogP contribution is 2.28. The third kappa shape index (κ3) is 2.68. The molecular formula is C11H12N2OS2. The number of thiophene rings is 1. The smallest absolute Gasteiger partial charge is 0.217 e. The number of carbonyl (C=O) groups is 1. The van der Waals surface area contributed by atoms with Crippen molar-refractivity contribution in [3.05, 3.63) is 27.4 Å². The Kier molecular flexibility index (Phi) is 3.36. The van der Waals surface area contributed by atoms with Gasteiger partial charge in [-0.3, -0.25) is 4.79 Å². The molecule has 0 spiro atoms. The summed E-state index contributed by atoms with van der Waals surface area (Å²) in [4.78, 5) is 17.5. The van der Waals surface area contributed by atoms with Crippen molar-refractivity contribution in [3.8, 4) is 10.6 Å². The number of thiazole rings is 1. The van der Waals surface area contributed by atoms with Gasteiger partial charge in [-0.25, -0.2) is 4.98 Å². The molecule has 84 valence electrons.